The average molecular weight is 645 g/mol. The minimum Gasteiger partial charge on any atom is -0.385 e. The van der Waals surface area contributed by atoms with Crippen molar-refractivity contribution in [3.05, 3.63) is 170 Å². The van der Waals surface area contributed by atoms with E-state index in [0.29, 0.717) is 0 Å². The molecule has 50 heavy (non-hydrogen) atoms. The Morgan fingerprint density at radius 1 is 0.600 bits per heavy atom. The van der Waals surface area contributed by atoms with E-state index in [-0.39, 0.29) is 0 Å². The molecule has 0 aliphatic carbocycles. The fourth-order valence-electron chi connectivity index (χ4n) is 7.15. The first-order valence-electron chi connectivity index (χ1n) is 16.6. The third-order valence-corrected chi connectivity index (χ3v) is 9.56. The van der Waals surface area contributed by atoms with Crippen LogP contribution in [0.2, 0.25) is 0 Å². The number of nitrogens with zero attached hydrogens (tertiary/aromatic N) is 5. The standard InChI is InChI=1S/C44H32N6/c1-3-35-36-23-25-45-28-43(36)49(40(35)4-2)33-17-11-29(12-18-33)31-15-21-38(47-26-31)39-22-16-32(27-48-39)30-13-19-34(20-14-30)50-41-9-6-5-8-37(41)44-42(50)10-7-24-46-44/h3-27,45H,1-2,28H2. The predicted molar refractivity (Wildman–Crippen MR) is 206 cm³/mol. The van der Waals surface area contributed by atoms with Crippen LogP contribution in [0, 0.1) is 0 Å². The van der Waals surface area contributed by atoms with Gasteiger partial charge in [-0.05, 0) is 84.1 Å². The smallest absolute Gasteiger partial charge is 0.0963 e. The van der Waals surface area contributed by atoms with Crippen molar-refractivity contribution in [2.24, 2.45) is 0 Å². The highest BCUT2D eigenvalue weighted by Gasteiger charge is 2.20. The van der Waals surface area contributed by atoms with Gasteiger partial charge in [-0.1, -0.05) is 73.8 Å². The zero-order valence-electron chi connectivity index (χ0n) is 27.3. The van der Waals surface area contributed by atoms with Crippen molar-refractivity contribution in [2.75, 3.05) is 0 Å². The zero-order valence-corrected chi connectivity index (χ0v) is 27.3. The molecule has 0 fully saturated rings. The molecule has 238 valence electrons. The van der Waals surface area contributed by atoms with Crippen LogP contribution in [0.4, 0.5) is 0 Å². The van der Waals surface area contributed by atoms with Gasteiger partial charge in [0, 0.05) is 57.6 Å². The number of hydrogen-bond acceptors (Lipinski definition) is 4. The first-order valence-corrected chi connectivity index (χ1v) is 16.6. The summed E-state index contributed by atoms with van der Waals surface area (Å²) in [5, 5.41) is 4.49. The lowest BCUT2D eigenvalue weighted by Crippen LogP contribution is -2.14. The van der Waals surface area contributed by atoms with Gasteiger partial charge in [0.1, 0.15) is 0 Å². The van der Waals surface area contributed by atoms with Crippen LogP contribution in [0.15, 0.2) is 147 Å². The molecule has 0 saturated heterocycles. The van der Waals surface area contributed by atoms with Gasteiger partial charge in [-0.25, -0.2) is 0 Å². The largest absolute Gasteiger partial charge is 0.385 e. The molecule has 0 atom stereocenters. The van der Waals surface area contributed by atoms with Gasteiger partial charge in [0.2, 0.25) is 0 Å². The van der Waals surface area contributed by atoms with Crippen LogP contribution in [0.1, 0.15) is 22.5 Å². The summed E-state index contributed by atoms with van der Waals surface area (Å²) in [5.41, 5.74) is 15.9. The van der Waals surface area contributed by atoms with Crippen LogP contribution in [0.25, 0.3) is 85.2 Å². The first kappa shape index (κ1) is 29.4. The number of para-hydroxylation sites is 1. The van der Waals surface area contributed by atoms with Crippen molar-refractivity contribution >= 4 is 40.2 Å². The van der Waals surface area contributed by atoms with Crippen LogP contribution in [-0.4, -0.2) is 24.1 Å². The molecule has 1 aliphatic heterocycles. The minimum atomic E-state index is 0.747. The molecule has 0 saturated carbocycles. The molecule has 6 heteroatoms. The van der Waals surface area contributed by atoms with E-state index in [9.17, 15) is 0 Å². The number of aromatic nitrogens is 5. The molecular formula is C44H32N6. The summed E-state index contributed by atoms with van der Waals surface area (Å²) in [6.45, 7) is 8.89. The second kappa shape index (κ2) is 12.0. The molecule has 0 amide bonds. The van der Waals surface area contributed by atoms with Crippen molar-refractivity contribution < 1.29 is 0 Å². The maximum atomic E-state index is 4.78. The van der Waals surface area contributed by atoms with Gasteiger partial charge in [0.15, 0.2) is 0 Å². The molecule has 0 bridgehead atoms. The quantitative estimate of drug-likeness (QED) is 0.188. The summed E-state index contributed by atoms with van der Waals surface area (Å²) in [6, 6.07) is 38.0. The Kier molecular flexibility index (Phi) is 7.06. The summed E-state index contributed by atoms with van der Waals surface area (Å²) in [6.07, 6.45) is 13.6. The lowest BCUT2D eigenvalue weighted by atomic mass is 10.1. The Labute approximate surface area is 290 Å². The topological polar surface area (TPSA) is 60.6 Å². The Hall–Kier alpha value is -6.79. The predicted octanol–water partition coefficient (Wildman–Crippen LogP) is 10.1. The molecule has 6 heterocycles. The lowest BCUT2D eigenvalue weighted by Gasteiger charge is -2.15. The number of benzene rings is 3. The molecule has 0 spiro atoms. The van der Waals surface area contributed by atoms with Gasteiger partial charge < -0.3 is 14.5 Å². The molecule has 1 N–H and O–H groups in total. The number of hydrogen-bond donors (Lipinski definition) is 1. The molecule has 6 nitrogen and oxygen atoms in total. The van der Waals surface area contributed by atoms with Gasteiger partial charge in [0.05, 0.1) is 45.9 Å². The molecular weight excluding hydrogens is 613 g/mol. The molecule has 5 aromatic heterocycles. The van der Waals surface area contributed by atoms with E-state index in [2.05, 4.69) is 130 Å². The van der Waals surface area contributed by atoms with E-state index < -0.39 is 0 Å². The molecule has 3 aromatic carbocycles. The van der Waals surface area contributed by atoms with E-state index in [1.54, 1.807) is 0 Å². The monoisotopic (exact) mass is 644 g/mol. The Balaban J connectivity index is 0.943. The van der Waals surface area contributed by atoms with Crippen molar-refractivity contribution in [2.45, 2.75) is 6.54 Å². The second-order valence-corrected chi connectivity index (χ2v) is 12.3. The average Bonchev–Trinajstić information content (AvgIpc) is 3.71. The van der Waals surface area contributed by atoms with Gasteiger partial charge in [-0.2, -0.15) is 0 Å². The van der Waals surface area contributed by atoms with Crippen molar-refractivity contribution in [3.8, 4) is 45.0 Å². The minimum absolute atomic E-state index is 0.747. The van der Waals surface area contributed by atoms with Crippen LogP contribution in [0.5, 0.6) is 0 Å². The fourth-order valence-corrected chi connectivity index (χ4v) is 7.15. The zero-order chi connectivity index (χ0) is 33.6. The van der Waals surface area contributed by atoms with Crippen LogP contribution < -0.4 is 5.32 Å². The highest BCUT2D eigenvalue weighted by molar-refractivity contribution is 6.06. The van der Waals surface area contributed by atoms with Crippen LogP contribution in [0.3, 0.4) is 0 Å². The molecule has 1 aliphatic rings. The lowest BCUT2D eigenvalue weighted by molar-refractivity contribution is 0.793. The van der Waals surface area contributed by atoms with Gasteiger partial charge in [-0.15, -0.1) is 0 Å². The summed E-state index contributed by atoms with van der Waals surface area (Å²) < 4.78 is 4.53. The Morgan fingerprint density at radius 2 is 1.22 bits per heavy atom. The summed E-state index contributed by atoms with van der Waals surface area (Å²) >= 11 is 0. The number of rotatable bonds is 7. The van der Waals surface area contributed by atoms with Gasteiger partial charge >= 0.3 is 0 Å². The van der Waals surface area contributed by atoms with E-state index in [0.717, 1.165) is 84.8 Å². The maximum Gasteiger partial charge on any atom is 0.0963 e. The fraction of sp³-hybridized carbons (Fsp3) is 0.0227. The van der Waals surface area contributed by atoms with E-state index >= 15 is 0 Å². The summed E-state index contributed by atoms with van der Waals surface area (Å²) in [7, 11) is 0. The van der Waals surface area contributed by atoms with Crippen molar-refractivity contribution in [3.63, 3.8) is 0 Å². The van der Waals surface area contributed by atoms with Gasteiger partial charge in [0.25, 0.3) is 0 Å². The van der Waals surface area contributed by atoms with Crippen molar-refractivity contribution in [1.29, 1.82) is 0 Å². The molecule has 0 unspecified atom stereocenters. The van der Waals surface area contributed by atoms with E-state index in [1.165, 1.54) is 11.3 Å². The highest BCUT2D eigenvalue weighted by Crippen LogP contribution is 2.34. The number of fused-ring (bicyclic) bond motifs is 4. The van der Waals surface area contributed by atoms with Gasteiger partial charge in [-0.3, -0.25) is 15.0 Å². The Morgan fingerprint density at radius 3 is 1.84 bits per heavy atom. The third kappa shape index (κ3) is 4.77. The van der Waals surface area contributed by atoms with E-state index in [1.807, 2.05) is 55.1 Å². The second-order valence-electron chi connectivity index (χ2n) is 12.3. The normalized spacial score (nSPS) is 12.2. The summed E-state index contributed by atoms with van der Waals surface area (Å²) in [5.74, 6) is 0. The van der Waals surface area contributed by atoms with Crippen LogP contribution >= 0.6 is 0 Å². The first-order chi connectivity index (χ1) is 24.7. The van der Waals surface area contributed by atoms with E-state index in [4.69, 9.17) is 9.97 Å². The van der Waals surface area contributed by atoms with Crippen molar-refractivity contribution in [1.82, 2.24) is 29.4 Å². The third-order valence-electron chi connectivity index (χ3n) is 9.56. The molecule has 0 radical (unpaired) electrons. The SMILES string of the molecule is C=Cc1c2c(n(-c3ccc(-c4ccc(-c5ccc(-c6ccc(-n7c8ccccc8c8ncccc87)cc6)cn5)nc4)cc3)c1C=C)CNC=C2. The molecule has 8 aromatic rings. The highest BCUT2D eigenvalue weighted by atomic mass is 15.0. The summed E-state index contributed by atoms with van der Waals surface area (Å²) in [4.78, 5) is 14.2. The number of pyridine rings is 3. The molecule has 9 rings (SSSR count). The van der Waals surface area contributed by atoms with Crippen LogP contribution in [-0.2, 0) is 6.54 Å². The number of nitrogens with one attached hydrogen (secondary N) is 1. The Bertz CT molecular complexity index is 2530. The maximum absolute atomic E-state index is 4.78.